The average Bonchev–Trinajstić information content (AvgIpc) is 2.84. The first-order valence-electron chi connectivity index (χ1n) is 8.03. The summed E-state index contributed by atoms with van der Waals surface area (Å²) in [4.78, 5) is 2.83. The van der Waals surface area contributed by atoms with Crippen molar-refractivity contribution in [2.75, 3.05) is 26.2 Å². The highest BCUT2D eigenvalue weighted by Crippen LogP contribution is 2.42. The van der Waals surface area contributed by atoms with E-state index in [0.29, 0.717) is 5.54 Å². The number of rotatable bonds is 2. The maximum absolute atomic E-state index is 3.58. The molecule has 0 aromatic rings. The molecule has 4 unspecified atom stereocenters. The van der Waals surface area contributed by atoms with Crippen LogP contribution in [0.25, 0.3) is 0 Å². The molecule has 2 heteroatoms. The SMILES string of the molecule is CC1CCCC(CN2CC3CNCC3C2(C)C)C1. The highest BCUT2D eigenvalue weighted by molar-refractivity contribution is 5.04. The monoisotopic (exact) mass is 250 g/mol. The Balaban J connectivity index is 1.63. The van der Waals surface area contributed by atoms with Crippen LogP contribution in [0.5, 0.6) is 0 Å². The Morgan fingerprint density at radius 3 is 2.78 bits per heavy atom. The van der Waals surface area contributed by atoms with E-state index in [4.69, 9.17) is 0 Å². The first-order valence-corrected chi connectivity index (χ1v) is 8.03. The molecule has 2 nitrogen and oxygen atoms in total. The first-order chi connectivity index (χ1) is 8.57. The van der Waals surface area contributed by atoms with Gasteiger partial charge in [-0.1, -0.05) is 19.8 Å². The summed E-state index contributed by atoms with van der Waals surface area (Å²) in [6, 6.07) is 0. The van der Waals surface area contributed by atoms with Crippen molar-refractivity contribution in [1.82, 2.24) is 10.2 Å². The molecule has 2 aliphatic heterocycles. The highest BCUT2D eigenvalue weighted by atomic mass is 15.2. The maximum atomic E-state index is 3.58. The van der Waals surface area contributed by atoms with Gasteiger partial charge in [0.25, 0.3) is 0 Å². The van der Waals surface area contributed by atoms with Crippen molar-refractivity contribution in [1.29, 1.82) is 0 Å². The Kier molecular flexibility index (Phi) is 3.44. The van der Waals surface area contributed by atoms with Crippen molar-refractivity contribution < 1.29 is 0 Å². The molecule has 1 aliphatic carbocycles. The lowest BCUT2D eigenvalue weighted by Gasteiger charge is -2.39. The summed E-state index contributed by atoms with van der Waals surface area (Å²) in [6.45, 7) is 12.6. The molecule has 0 radical (unpaired) electrons. The molecule has 0 aromatic heterocycles. The van der Waals surface area contributed by atoms with E-state index in [1.165, 1.54) is 51.9 Å². The zero-order valence-electron chi connectivity index (χ0n) is 12.4. The average molecular weight is 250 g/mol. The Morgan fingerprint density at radius 2 is 2.06 bits per heavy atom. The molecule has 3 fully saturated rings. The van der Waals surface area contributed by atoms with Gasteiger partial charge in [-0.05, 0) is 56.9 Å². The topological polar surface area (TPSA) is 15.3 Å². The van der Waals surface area contributed by atoms with Crippen molar-refractivity contribution >= 4 is 0 Å². The minimum absolute atomic E-state index is 0.425. The lowest BCUT2D eigenvalue weighted by molar-refractivity contribution is 0.0998. The third-order valence-electron chi connectivity index (χ3n) is 6.04. The molecule has 104 valence electrons. The molecule has 18 heavy (non-hydrogen) atoms. The third-order valence-corrected chi connectivity index (χ3v) is 6.04. The summed E-state index contributed by atoms with van der Waals surface area (Å²) in [6.07, 6.45) is 5.88. The van der Waals surface area contributed by atoms with Gasteiger partial charge in [0.2, 0.25) is 0 Å². The standard InChI is InChI=1S/C16H30N2/c1-12-5-4-6-13(7-12)10-18-11-14-8-17-9-15(14)16(18,2)3/h12-15,17H,4-11H2,1-3H3. The highest BCUT2D eigenvalue weighted by Gasteiger charge is 2.49. The van der Waals surface area contributed by atoms with Gasteiger partial charge in [-0.2, -0.15) is 0 Å². The molecule has 2 saturated heterocycles. The molecule has 4 atom stereocenters. The fraction of sp³-hybridized carbons (Fsp3) is 1.00. The Hall–Kier alpha value is -0.0800. The van der Waals surface area contributed by atoms with Crippen molar-refractivity contribution in [3.63, 3.8) is 0 Å². The summed E-state index contributed by atoms with van der Waals surface area (Å²) in [5.74, 6) is 3.75. The normalized spacial score (nSPS) is 44.2. The van der Waals surface area contributed by atoms with Gasteiger partial charge in [-0.3, -0.25) is 4.90 Å². The number of hydrogen-bond donors (Lipinski definition) is 1. The van der Waals surface area contributed by atoms with E-state index in [2.05, 4.69) is 31.0 Å². The molecule has 1 saturated carbocycles. The summed E-state index contributed by atoms with van der Waals surface area (Å²) in [5, 5.41) is 3.58. The number of nitrogens with one attached hydrogen (secondary N) is 1. The lowest BCUT2D eigenvalue weighted by Crippen LogP contribution is -2.46. The Bertz CT molecular complexity index is 299. The van der Waals surface area contributed by atoms with Gasteiger partial charge in [0.15, 0.2) is 0 Å². The van der Waals surface area contributed by atoms with Crippen LogP contribution in [-0.4, -0.2) is 36.6 Å². The van der Waals surface area contributed by atoms with E-state index in [9.17, 15) is 0 Å². The quantitative estimate of drug-likeness (QED) is 0.811. The lowest BCUT2D eigenvalue weighted by atomic mass is 9.81. The third kappa shape index (κ3) is 2.22. The Labute approximate surface area is 113 Å². The zero-order chi connectivity index (χ0) is 12.8. The van der Waals surface area contributed by atoms with Crippen LogP contribution < -0.4 is 5.32 Å². The maximum Gasteiger partial charge on any atom is 0.0197 e. The molecule has 0 bridgehead atoms. The fourth-order valence-corrected chi connectivity index (χ4v) is 4.85. The molecule has 0 amide bonds. The molecule has 2 heterocycles. The molecular weight excluding hydrogens is 220 g/mol. The fourth-order valence-electron chi connectivity index (χ4n) is 4.85. The van der Waals surface area contributed by atoms with Crippen LogP contribution >= 0.6 is 0 Å². The van der Waals surface area contributed by atoms with Gasteiger partial charge in [-0.15, -0.1) is 0 Å². The Morgan fingerprint density at radius 1 is 1.22 bits per heavy atom. The predicted molar refractivity (Wildman–Crippen MR) is 76.6 cm³/mol. The molecule has 1 N–H and O–H groups in total. The van der Waals surface area contributed by atoms with E-state index in [0.717, 1.165) is 23.7 Å². The van der Waals surface area contributed by atoms with Gasteiger partial charge < -0.3 is 5.32 Å². The van der Waals surface area contributed by atoms with Crippen LogP contribution in [0.15, 0.2) is 0 Å². The van der Waals surface area contributed by atoms with Crippen molar-refractivity contribution in [2.24, 2.45) is 23.7 Å². The van der Waals surface area contributed by atoms with Gasteiger partial charge in [0, 0.05) is 25.2 Å². The van der Waals surface area contributed by atoms with Crippen LogP contribution in [0, 0.1) is 23.7 Å². The molecule has 0 spiro atoms. The summed E-state index contributed by atoms with van der Waals surface area (Å²) < 4.78 is 0. The van der Waals surface area contributed by atoms with E-state index in [1.807, 2.05) is 0 Å². The molecule has 3 rings (SSSR count). The summed E-state index contributed by atoms with van der Waals surface area (Å²) >= 11 is 0. The number of likely N-dealkylation sites (tertiary alicyclic amines) is 1. The van der Waals surface area contributed by atoms with E-state index in [1.54, 1.807) is 0 Å². The second-order valence-corrected chi connectivity index (χ2v) is 7.72. The smallest absolute Gasteiger partial charge is 0.0197 e. The first kappa shape index (κ1) is 12.9. The van der Waals surface area contributed by atoms with Crippen LogP contribution in [-0.2, 0) is 0 Å². The predicted octanol–water partition coefficient (Wildman–Crippen LogP) is 2.74. The number of hydrogen-bond acceptors (Lipinski definition) is 2. The second-order valence-electron chi connectivity index (χ2n) is 7.72. The van der Waals surface area contributed by atoms with Crippen LogP contribution in [0.4, 0.5) is 0 Å². The molecule has 0 aromatic carbocycles. The van der Waals surface area contributed by atoms with E-state index in [-0.39, 0.29) is 0 Å². The van der Waals surface area contributed by atoms with Crippen molar-refractivity contribution in [3.05, 3.63) is 0 Å². The minimum Gasteiger partial charge on any atom is -0.316 e. The van der Waals surface area contributed by atoms with Crippen LogP contribution in [0.3, 0.4) is 0 Å². The van der Waals surface area contributed by atoms with Crippen molar-refractivity contribution in [2.45, 2.75) is 52.0 Å². The summed E-state index contributed by atoms with van der Waals surface area (Å²) in [5.41, 5.74) is 0.425. The molecule has 3 aliphatic rings. The van der Waals surface area contributed by atoms with Crippen LogP contribution in [0.2, 0.25) is 0 Å². The van der Waals surface area contributed by atoms with E-state index < -0.39 is 0 Å². The number of nitrogens with zero attached hydrogens (tertiary/aromatic N) is 1. The largest absolute Gasteiger partial charge is 0.316 e. The number of fused-ring (bicyclic) bond motifs is 1. The summed E-state index contributed by atoms with van der Waals surface area (Å²) in [7, 11) is 0. The zero-order valence-corrected chi connectivity index (χ0v) is 12.4. The second kappa shape index (κ2) is 4.79. The van der Waals surface area contributed by atoms with Gasteiger partial charge >= 0.3 is 0 Å². The van der Waals surface area contributed by atoms with Crippen LogP contribution in [0.1, 0.15) is 46.5 Å². The minimum atomic E-state index is 0.425. The van der Waals surface area contributed by atoms with Gasteiger partial charge in [-0.25, -0.2) is 0 Å². The van der Waals surface area contributed by atoms with Gasteiger partial charge in [0.05, 0.1) is 0 Å². The van der Waals surface area contributed by atoms with Gasteiger partial charge in [0.1, 0.15) is 0 Å². The van der Waals surface area contributed by atoms with E-state index >= 15 is 0 Å². The molecular formula is C16H30N2. The van der Waals surface area contributed by atoms with Crippen molar-refractivity contribution in [3.8, 4) is 0 Å².